The van der Waals surface area contributed by atoms with Gasteiger partial charge in [0.05, 0.1) is 4.90 Å². The number of hydrogen-bond acceptors (Lipinski definition) is 6. The maximum Gasteiger partial charge on any atom is 0.258 e. The SMILES string of the molecule is CCC(C)NS(=O)(=O)c1ccc(-c2nc(-c3ccc(CN)cc3)no2)cc1.Cl. The van der Waals surface area contributed by atoms with Gasteiger partial charge in [0.25, 0.3) is 5.89 Å². The van der Waals surface area contributed by atoms with Crippen molar-refractivity contribution in [2.24, 2.45) is 5.73 Å². The topological polar surface area (TPSA) is 111 Å². The molecule has 150 valence electrons. The molecule has 1 atom stereocenters. The average molecular weight is 423 g/mol. The zero-order valence-corrected chi connectivity index (χ0v) is 17.3. The molecular formula is C19H23ClN4O3S. The Morgan fingerprint density at radius 2 is 1.68 bits per heavy atom. The van der Waals surface area contributed by atoms with Crippen LogP contribution in [0, 0.1) is 0 Å². The van der Waals surface area contributed by atoms with Gasteiger partial charge in [-0.15, -0.1) is 12.4 Å². The van der Waals surface area contributed by atoms with E-state index in [4.69, 9.17) is 10.3 Å². The van der Waals surface area contributed by atoms with Gasteiger partial charge in [-0.2, -0.15) is 4.98 Å². The van der Waals surface area contributed by atoms with Crippen LogP contribution in [0.2, 0.25) is 0 Å². The Kier molecular flexibility index (Phi) is 7.31. The van der Waals surface area contributed by atoms with Crippen molar-refractivity contribution < 1.29 is 12.9 Å². The van der Waals surface area contributed by atoms with Gasteiger partial charge in [0, 0.05) is 23.7 Å². The number of aromatic nitrogens is 2. The Bertz CT molecular complexity index is 1000. The van der Waals surface area contributed by atoms with Crippen molar-refractivity contribution >= 4 is 22.4 Å². The number of benzene rings is 2. The monoisotopic (exact) mass is 422 g/mol. The third kappa shape index (κ3) is 4.96. The first-order valence-electron chi connectivity index (χ1n) is 8.69. The summed E-state index contributed by atoms with van der Waals surface area (Å²) in [6, 6.07) is 13.8. The number of sulfonamides is 1. The van der Waals surface area contributed by atoms with Crippen LogP contribution in [-0.4, -0.2) is 24.6 Å². The molecule has 0 amide bonds. The fourth-order valence-corrected chi connectivity index (χ4v) is 3.77. The van der Waals surface area contributed by atoms with Gasteiger partial charge in [-0.3, -0.25) is 0 Å². The minimum absolute atomic E-state index is 0. The first-order chi connectivity index (χ1) is 12.9. The summed E-state index contributed by atoms with van der Waals surface area (Å²) in [7, 11) is -3.54. The van der Waals surface area contributed by atoms with Gasteiger partial charge < -0.3 is 10.3 Å². The minimum Gasteiger partial charge on any atom is -0.334 e. The van der Waals surface area contributed by atoms with Crippen molar-refractivity contribution in [1.82, 2.24) is 14.9 Å². The highest BCUT2D eigenvalue weighted by Crippen LogP contribution is 2.23. The maximum atomic E-state index is 12.3. The first kappa shape index (κ1) is 22.0. The van der Waals surface area contributed by atoms with E-state index in [0.29, 0.717) is 30.2 Å². The fraction of sp³-hybridized carbons (Fsp3) is 0.263. The molecule has 0 fully saturated rings. The molecule has 7 nitrogen and oxygen atoms in total. The lowest BCUT2D eigenvalue weighted by Crippen LogP contribution is -2.31. The second kappa shape index (κ2) is 9.29. The highest BCUT2D eigenvalue weighted by molar-refractivity contribution is 7.89. The lowest BCUT2D eigenvalue weighted by Gasteiger charge is -2.12. The van der Waals surface area contributed by atoms with Crippen LogP contribution in [0.4, 0.5) is 0 Å². The van der Waals surface area contributed by atoms with E-state index in [9.17, 15) is 8.42 Å². The molecule has 1 unspecified atom stereocenters. The van der Waals surface area contributed by atoms with Crippen LogP contribution in [0.5, 0.6) is 0 Å². The molecular weight excluding hydrogens is 400 g/mol. The zero-order valence-electron chi connectivity index (χ0n) is 15.6. The first-order valence-corrected chi connectivity index (χ1v) is 10.2. The molecule has 0 radical (unpaired) electrons. The number of nitrogens with two attached hydrogens (primary N) is 1. The lowest BCUT2D eigenvalue weighted by atomic mass is 10.1. The summed E-state index contributed by atoms with van der Waals surface area (Å²) in [4.78, 5) is 4.58. The van der Waals surface area contributed by atoms with Gasteiger partial charge in [-0.25, -0.2) is 13.1 Å². The Hall–Kier alpha value is -2.26. The van der Waals surface area contributed by atoms with E-state index < -0.39 is 10.0 Å². The molecule has 9 heteroatoms. The van der Waals surface area contributed by atoms with E-state index in [1.165, 1.54) is 12.1 Å². The third-order valence-corrected chi connectivity index (χ3v) is 5.86. The summed E-state index contributed by atoms with van der Waals surface area (Å²) in [5.74, 6) is 0.787. The fourth-order valence-electron chi connectivity index (χ4n) is 2.44. The molecule has 1 aromatic heterocycles. The van der Waals surface area contributed by atoms with Crippen molar-refractivity contribution in [2.45, 2.75) is 37.8 Å². The van der Waals surface area contributed by atoms with Gasteiger partial charge in [0.2, 0.25) is 15.8 Å². The van der Waals surface area contributed by atoms with E-state index in [2.05, 4.69) is 14.9 Å². The van der Waals surface area contributed by atoms with Crippen molar-refractivity contribution in [1.29, 1.82) is 0 Å². The zero-order chi connectivity index (χ0) is 19.4. The van der Waals surface area contributed by atoms with Crippen LogP contribution in [0.1, 0.15) is 25.8 Å². The Balaban J connectivity index is 0.00000280. The van der Waals surface area contributed by atoms with E-state index in [0.717, 1.165) is 11.1 Å². The molecule has 2 aromatic carbocycles. The predicted octanol–water partition coefficient (Wildman–Crippen LogP) is 3.36. The van der Waals surface area contributed by atoms with Gasteiger partial charge in [0.1, 0.15) is 0 Å². The van der Waals surface area contributed by atoms with Crippen molar-refractivity contribution in [3.05, 3.63) is 54.1 Å². The van der Waals surface area contributed by atoms with Crippen LogP contribution in [0.3, 0.4) is 0 Å². The summed E-state index contributed by atoms with van der Waals surface area (Å²) >= 11 is 0. The van der Waals surface area contributed by atoms with Gasteiger partial charge in [-0.05, 0) is 43.2 Å². The van der Waals surface area contributed by atoms with Crippen LogP contribution >= 0.6 is 12.4 Å². The molecule has 0 aliphatic carbocycles. The Morgan fingerprint density at radius 1 is 1.07 bits per heavy atom. The summed E-state index contributed by atoms with van der Waals surface area (Å²) < 4.78 is 32.6. The number of nitrogens with one attached hydrogen (secondary N) is 1. The van der Waals surface area contributed by atoms with E-state index in [-0.39, 0.29) is 23.3 Å². The molecule has 0 aliphatic rings. The van der Waals surface area contributed by atoms with Crippen LogP contribution in [0.15, 0.2) is 57.9 Å². The molecule has 3 aromatic rings. The van der Waals surface area contributed by atoms with Crippen molar-refractivity contribution in [3.63, 3.8) is 0 Å². The van der Waals surface area contributed by atoms with Gasteiger partial charge >= 0.3 is 0 Å². The Labute approximate surface area is 170 Å². The van der Waals surface area contributed by atoms with Crippen LogP contribution in [-0.2, 0) is 16.6 Å². The molecule has 0 saturated carbocycles. The smallest absolute Gasteiger partial charge is 0.258 e. The summed E-state index contributed by atoms with van der Waals surface area (Å²) in [6.45, 7) is 4.22. The second-order valence-corrected chi connectivity index (χ2v) is 7.99. The summed E-state index contributed by atoms with van der Waals surface area (Å²) in [6.07, 6.45) is 0.717. The second-order valence-electron chi connectivity index (χ2n) is 6.28. The number of rotatable bonds is 7. The lowest BCUT2D eigenvalue weighted by molar-refractivity contribution is 0.432. The molecule has 3 rings (SSSR count). The van der Waals surface area contributed by atoms with E-state index in [1.807, 2.05) is 38.1 Å². The van der Waals surface area contributed by atoms with Crippen molar-refractivity contribution in [3.8, 4) is 22.8 Å². The normalized spacial score (nSPS) is 12.4. The molecule has 0 aliphatic heterocycles. The van der Waals surface area contributed by atoms with Crippen LogP contribution < -0.4 is 10.5 Å². The largest absolute Gasteiger partial charge is 0.334 e. The van der Waals surface area contributed by atoms with E-state index in [1.54, 1.807) is 12.1 Å². The minimum atomic E-state index is -3.54. The summed E-state index contributed by atoms with van der Waals surface area (Å²) in [5, 5.41) is 3.99. The molecule has 0 saturated heterocycles. The van der Waals surface area contributed by atoms with Crippen LogP contribution in [0.25, 0.3) is 22.8 Å². The average Bonchev–Trinajstić information content (AvgIpc) is 3.18. The maximum absolute atomic E-state index is 12.3. The number of hydrogen-bond donors (Lipinski definition) is 2. The van der Waals surface area contributed by atoms with E-state index >= 15 is 0 Å². The predicted molar refractivity (Wildman–Crippen MR) is 110 cm³/mol. The molecule has 28 heavy (non-hydrogen) atoms. The highest BCUT2D eigenvalue weighted by Gasteiger charge is 2.17. The molecule has 0 spiro atoms. The van der Waals surface area contributed by atoms with Gasteiger partial charge in [-0.1, -0.05) is 36.3 Å². The Morgan fingerprint density at radius 3 is 2.25 bits per heavy atom. The van der Waals surface area contributed by atoms with Gasteiger partial charge in [0.15, 0.2) is 0 Å². The molecule has 1 heterocycles. The highest BCUT2D eigenvalue weighted by atomic mass is 35.5. The standard InChI is InChI=1S/C19H22N4O3S.ClH/c1-3-13(2)23-27(24,25)17-10-8-16(9-11-17)19-21-18(22-26-19)15-6-4-14(12-20)5-7-15;/h4-11,13,23H,3,12,20H2,1-2H3;1H. The number of halogens is 1. The molecule has 0 bridgehead atoms. The quantitative estimate of drug-likeness (QED) is 0.603. The molecule has 3 N–H and O–H groups in total. The van der Waals surface area contributed by atoms with Crippen molar-refractivity contribution in [2.75, 3.05) is 0 Å². The summed E-state index contributed by atoms with van der Waals surface area (Å²) in [5.41, 5.74) is 8.08. The number of nitrogens with zero attached hydrogens (tertiary/aromatic N) is 2. The third-order valence-electron chi connectivity index (χ3n) is 4.25.